The van der Waals surface area contributed by atoms with E-state index in [9.17, 15) is 14.3 Å². The number of hydrogen-bond acceptors (Lipinski definition) is 3. The van der Waals surface area contributed by atoms with E-state index in [0.717, 1.165) is 5.56 Å². The van der Waals surface area contributed by atoms with Crippen LogP contribution in [0.25, 0.3) is 0 Å². The Balaban J connectivity index is 1.91. The maximum atomic E-state index is 13.0. The van der Waals surface area contributed by atoms with E-state index in [1.807, 2.05) is 0 Å². The summed E-state index contributed by atoms with van der Waals surface area (Å²) in [6.07, 6.45) is 0.534. The highest BCUT2D eigenvalue weighted by Gasteiger charge is 2.30. The highest BCUT2D eigenvalue weighted by molar-refractivity contribution is 6.30. The van der Waals surface area contributed by atoms with Crippen molar-refractivity contribution in [2.45, 2.75) is 25.9 Å². The number of halogens is 2. The first-order valence-electron chi connectivity index (χ1n) is 8.38. The first kappa shape index (κ1) is 20.2. The van der Waals surface area contributed by atoms with Crippen molar-refractivity contribution in [3.63, 3.8) is 0 Å². The lowest BCUT2D eigenvalue weighted by Crippen LogP contribution is -2.48. The van der Waals surface area contributed by atoms with Gasteiger partial charge in [-0.15, -0.1) is 0 Å². The Labute approximate surface area is 157 Å². The molecule has 1 atom stereocenters. The molecule has 1 unspecified atom stereocenters. The van der Waals surface area contributed by atoms with E-state index in [2.05, 4.69) is 5.32 Å². The lowest BCUT2D eigenvalue weighted by Gasteiger charge is -2.26. The van der Waals surface area contributed by atoms with Crippen LogP contribution >= 0.6 is 11.6 Å². The highest BCUT2D eigenvalue weighted by Crippen LogP contribution is 2.22. The second-order valence-electron chi connectivity index (χ2n) is 6.66. The molecule has 2 aromatic carbocycles. The molecule has 2 aromatic rings. The second kappa shape index (κ2) is 9.01. The average Bonchev–Trinajstić information content (AvgIpc) is 2.59. The summed E-state index contributed by atoms with van der Waals surface area (Å²) in [5.41, 5.74) is -0.199. The fourth-order valence-electron chi connectivity index (χ4n) is 2.48. The molecule has 0 fully saturated rings. The molecule has 2 rings (SSSR count). The van der Waals surface area contributed by atoms with Gasteiger partial charge in [-0.25, -0.2) is 4.39 Å². The van der Waals surface area contributed by atoms with E-state index in [4.69, 9.17) is 16.3 Å². The van der Waals surface area contributed by atoms with Crippen LogP contribution in [0.15, 0.2) is 48.5 Å². The molecule has 2 N–H and O–H groups in total. The summed E-state index contributed by atoms with van der Waals surface area (Å²) >= 11 is 5.93. The monoisotopic (exact) mass is 379 g/mol. The number of aliphatic hydroxyl groups excluding tert-OH is 1. The Bertz CT molecular complexity index is 734. The molecule has 4 nitrogen and oxygen atoms in total. The van der Waals surface area contributed by atoms with Crippen molar-refractivity contribution in [1.82, 2.24) is 5.32 Å². The minimum Gasteiger partial charge on any atom is -0.478 e. The van der Waals surface area contributed by atoms with Gasteiger partial charge in [-0.2, -0.15) is 0 Å². The van der Waals surface area contributed by atoms with Crippen LogP contribution in [0.3, 0.4) is 0 Å². The number of ether oxygens (including phenoxy) is 1. The van der Waals surface area contributed by atoms with E-state index in [1.54, 1.807) is 50.2 Å². The van der Waals surface area contributed by atoms with Gasteiger partial charge in [-0.3, -0.25) is 4.79 Å². The molecule has 0 heterocycles. The van der Waals surface area contributed by atoms with E-state index in [0.29, 0.717) is 17.2 Å². The maximum Gasteiger partial charge on any atom is 0.263 e. The normalized spacial score (nSPS) is 12.5. The van der Waals surface area contributed by atoms with Crippen molar-refractivity contribution in [3.8, 4) is 5.75 Å². The largest absolute Gasteiger partial charge is 0.478 e. The van der Waals surface area contributed by atoms with Gasteiger partial charge in [0, 0.05) is 24.1 Å². The topological polar surface area (TPSA) is 58.6 Å². The van der Waals surface area contributed by atoms with Crippen molar-refractivity contribution in [2.24, 2.45) is 5.92 Å². The molecule has 6 heteroatoms. The minimum absolute atomic E-state index is 0.0900. The summed E-state index contributed by atoms with van der Waals surface area (Å²) in [4.78, 5) is 12.5. The first-order chi connectivity index (χ1) is 12.3. The van der Waals surface area contributed by atoms with Crippen LogP contribution in [0.1, 0.15) is 19.4 Å². The second-order valence-corrected chi connectivity index (χ2v) is 7.10. The van der Waals surface area contributed by atoms with Gasteiger partial charge in [0.15, 0.2) is 5.60 Å². The predicted octanol–water partition coefficient (Wildman–Crippen LogP) is 3.60. The molecule has 140 valence electrons. The lowest BCUT2D eigenvalue weighted by atomic mass is 9.99. The van der Waals surface area contributed by atoms with Crippen LogP contribution in [0, 0.1) is 11.7 Å². The number of amides is 1. The quantitative estimate of drug-likeness (QED) is 0.736. The molecular weight excluding hydrogens is 357 g/mol. The van der Waals surface area contributed by atoms with Crippen molar-refractivity contribution < 1.29 is 19.0 Å². The molecule has 0 radical (unpaired) electrons. The van der Waals surface area contributed by atoms with E-state index < -0.39 is 5.60 Å². The summed E-state index contributed by atoms with van der Waals surface area (Å²) in [7, 11) is 0. The van der Waals surface area contributed by atoms with Gasteiger partial charge in [0.1, 0.15) is 11.6 Å². The fourth-order valence-corrected chi connectivity index (χ4v) is 2.66. The zero-order valence-electron chi connectivity index (χ0n) is 14.8. The molecule has 0 saturated carbocycles. The van der Waals surface area contributed by atoms with E-state index >= 15 is 0 Å². The number of carbonyl (C=O) groups excluding carboxylic acids is 1. The standard InChI is InChI=1S/C20H23ClFNO3/c1-20(2,26-18-5-3-4-16(21)11-18)19(25)23-12-15(13-24)10-14-6-8-17(22)9-7-14/h3-9,11,15,24H,10,12-13H2,1-2H3,(H,23,25). The number of hydrogen-bond donors (Lipinski definition) is 2. The molecule has 0 bridgehead atoms. The van der Waals surface area contributed by atoms with Crippen molar-refractivity contribution in [2.75, 3.05) is 13.2 Å². The van der Waals surface area contributed by atoms with Gasteiger partial charge in [0.05, 0.1) is 0 Å². The molecule has 0 aliphatic rings. The molecule has 0 aliphatic heterocycles. The molecule has 0 aromatic heterocycles. The number of aliphatic hydroxyl groups is 1. The summed E-state index contributed by atoms with van der Waals surface area (Å²) in [6.45, 7) is 3.52. The van der Waals surface area contributed by atoms with Crippen molar-refractivity contribution in [1.29, 1.82) is 0 Å². The Morgan fingerprint density at radius 1 is 1.27 bits per heavy atom. The van der Waals surface area contributed by atoms with Gasteiger partial charge >= 0.3 is 0 Å². The van der Waals surface area contributed by atoms with Gasteiger partial charge in [-0.05, 0) is 56.2 Å². The van der Waals surface area contributed by atoms with Crippen LogP contribution in [0.4, 0.5) is 4.39 Å². The fraction of sp³-hybridized carbons (Fsp3) is 0.350. The van der Waals surface area contributed by atoms with Gasteiger partial charge in [0.2, 0.25) is 0 Å². The molecule has 0 saturated heterocycles. The van der Waals surface area contributed by atoms with E-state index in [-0.39, 0.29) is 30.8 Å². The Morgan fingerprint density at radius 3 is 2.58 bits per heavy atom. The van der Waals surface area contributed by atoms with Gasteiger partial charge in [-0.1, -0.05) is 29.8 Å². The van der Waals surface area contributed by atoms with Crippen molar-refractivity contribution >= 4 is 17.5 Å². The third kappa shape index (κ3) is 6.00. The third-order valence-electron chi connectivity index (χ3n) is 3.96. The Kier molecular flexibility index (Phi) is 7.00. The highest BCUT2D eigenvalue weighted by atomic mass is 35.5. The van der Waals surface area contributed by atoms with Crippen molar-refractivity contribution in [3.05, 3.63) is 64.9 Å². The van der Waals surface area contributed by atoms with Crippen LogP contribution in [0.5, 0.6) is 5.75 Å². The summed E-state index contributed by atoms with van der Waals surface area (Å²) in [5, 5.41) is 12.9. The van der Waals surface area contributed by atoms with Crippen LogP contribution in [-0.4, -0.2) is 29.8 Å². The van der Waals surface area contributed by atoms with E-state index in [1.165, 1.54) is 12.1 Å². The predicted molar refractivity (Wildman–Crippen MR) is 99.8 cm³/mol. The summed E-state index contributed by atoms with van der Waals surface area (Å²) in [6, 6.07) is 12.9. The SMILES string of the molecule is CC(C)(Oc1cccc(Cl)c1)C(=O)NCC(CO)Cc1ccc(F)cc1. The van der Waals surface area contributed by atoms with Crippen LogP contribution in [0.2, 0.25) is 5.02 Å². The average molecular weight is 380 g/mol. The summed E-state index contributed by atoms with van der Waals surface area (Å²) < 4.78 is 18.7. The first-order valence-corrected chi connectivity index (χ1v) is 8.76. The third-order valence-corrected chi connectivity index (χ3v) is 4.20. The smallest absolute Gasteiger partial charge is 0.263 e. The number of rotatable bonds is 8. The molecule has 26 heavy (non-hydrogen) atoms. The molecule has 0 spiro atoms. The van der Waals surface area contributed by atoms with Gasteiger partial charge in [0.25, 0.3) is 5.91 Å². The lowest BCUT2D eigenvalue weighted by molar-refractivity contribution is -0.134. The molecule has 0 aliphatic carbocycles. The number of benzene rings is 2. The maximum absolute atomic E-state index is 13.0. The zero-order chi connectivity index (χ0) is 19.2. The summed E-state index contributed by atoms with van der Waals surface area (Å²) in [5.74, 6) is -0.272. The Hall–Kier alpha value is -2.11. The molecule has 1 amide bonds. The van der Waals surface area contributed by atoms with Crippen LogP contribution in [-0.2, 0) is 11.2 Å². The van der Waals surface area contributed by atoms with Crippen LogP contribution < -0.4 is 10.1 Å². The Morgan fingerprint density at radius 2 is 1.96 bits per heavy atom. The van der Waals surface area contributed by atoms with Gasteiger partial charge < -0.3 is 15.2 Å². The zero-order valence-corrected chi connectivity index (χ0v) is 15.6. The number of nitrogens with one attached hydrogen (secondary N) is 1. The minimum atomic E-state index is -1.10. The molecular formula is C20H23ClFNO3. The number of carbonyl (C=O) groups is 1.